The summed E-state index contributed by atoms with van der Waals surface area (Å²) in [5.74, 6) is -0.854. The van der Waals surface area contributed by atoms with Crippen LogP contribution in [0.1, 0.15) is 31.4 Å². The number of likely N-dealkylation sites (N-methyl/N-ethyl adjacent to an activating group) is 1. The highest BCUT2D eigenvalue weighted by molar-refractivity contribution is 7.92. The van der Waals surface area contributed by atoms with E-state index >= 15 is 0 Å². The quantitative estimate of drug-likeness (QED) is 0.330. The molecule has 0 aliphatic heterocycles. The van der Waals surface area contributed by atoms with Crippen LogP contribution in [-0.2, 0) is 26.2 Å². The molecule has 0 aliphatic rings. The minimum Gasteiger partial charge on any atom is -0.355 e. The molecule has 0 fully saturated rings. The predicted octanol–water partition coefficient (Wildman–Crippen LogP) is 5.44. The van der Waals surface area contributed by atoms with Crippen molar-refractivity contribution in [2.45, 2.75) is 44.7 Å². The molecule has 0 unspecified atom stereocenters. The summed E-state index contributed by atoms with van der Waals surface area (Å²) in [4.78, 5) is 28.4. The van der Waals surface area contributed by atoms with Gasteiger partial charge in [-0.1, -0.05) is 78.2 Å². The van der Waals surface area contributed by atoms with Crippen molar-refractivity contribution >= 4 is 50.7 Å². The molecule has 3 aromatic rings. The lowest BCUT2D eigenvalue weighted by Crippen LogP contribution is -2.52. The number of amides is 2. The van der Waals surface area contributed by atoms with E-state index in [2.05, 4.69) is 5.32 Å². The van der Waals surface area contributed by atoms with Gasteiger partial charge in [-0.25, -0.2) is 8.42 Å². The summed E-state index contributed by atoms with van der Waals surface area (Å²) in [6.45, 7) is 5.51. The van der Waals surface area contributed by atoms with Crippen molar-refractivity contribution < 1.29 is 18.0 Å². The summed E-state index contributed by atoms with van der Waals surface area (Å²) < 4.78 is 28.6. The Balaban J connectivity index is 2.08. The molecule has 0 aliphatic carbocycles. The standard InChI is InChI=1S/C28H31Cl2N3O4S/c1-4-25(28(35)31-5-2)32(18-21-11-9-10-20(3)16-21)27(34)19-33(26-15-14-22(29)17-24(26)30)38(36,37)23-12-7-6-8-13-23/h6-17,25H,4-5,18-19H2,1-3H3,(H,31,35)/t25-/m1/s1. The second-order valence-corrected chi connectivity index (χ2v) is 11.5. The van der Waals surface area contributed by atoms with Gasteiger partial charge >= 0.3 is 0 Å². The first-order valence-electron chi connectivity index (χ1n) is 12.2. The molecule has 0 heterocycles. The maximum atomic E-state index is 14.0. The minimum absolute atomic E-state index is 0.000168. The number of benzene rings is 3. The van der Waals surface area contributed by atoms with E-state index in [9.17, 15) is 18.0 Å². The number of anilines is 1. The van der Waals surface area contributed by atoms with Gasteiger partial charge in [-0.3, -0.25) is 13.9 Å². The van der Waals surface area contributed by atoms with Gasteiger partial charge in [0.05, 0.1) is 15.6 Å². The predicted molar refractivity (Wildman–Crippen MR) is 152 cm³/mol. The van der Waals surface area contributed by atoms with Crippen molar-refractivity contribution in [3.8, 4) is 0 Å². The number of carbonyl (C=O) groups is 2. The van der Waals surface area contributed by atoms with Gasteiger partial charge in [0.2, 0.25) is 11.8 Å². The molecule has 10 heteroatoms. The van der Waals surface area contributed by atoms with E-state index in [1.807, 2.05) is 38.1 Å². The summed E-state index contributed by atoms with van der Waals surface area (Å²) in [7, 11) is -4.20. The van der Waals surface area contributed by atoms with Gasteiger partial charge < -0.3 is 10.2 Å². The van der Waals surface area contributed by atoms with E-state index in [0.29, 0.717) is 18.0 Å². The molecule has 7 nitrogen and oxygen atoms in total. The molecule has 0 saturated carbocycles. The fourth-order valence-corrected chi connectivity index (χ4v) is 6.15. The molecular formula is C28H31Cl2N3O4S. The van der Waals surface area contributed by atoms with E-state index in [1.165, 1.54) is 35.2 Å². The molecule has 2 amide bonds. The molecule has 0 aromatic heterocycles. The largest absolute Gasteiger partial charge is 0.355 e. The number of aryl methyl sites for hydroxylation is 1. The van der Waals surface area contributed by atoms with Crippen LogP contribution in [0.15, 0.2) is 77.7 Å². The smallest absolute Gasteiger partial charge is 0.264 e. The van der Waals surface area contributed by atoms with Crippen LogP contribution in [0, 0.1) is 6.92 Å². The van der Waals surface area contributed by atoms with Crippen LogP contribution in [0.5, 0.6) is 0 Å². The average Bonchev–Trinajstić information content (AvgIpc) is 2.88. The van der Waals surface area contributed by atoms with Crippen LogP contribution in [0.3, 0.4) is 0 Å². The van der Waals surface area contributed by atoms with Gasteiger partial charge in [0.25, 0.3) is 10.0 Å². The number of nitrogens with one attached hydrogen (secondary N) is 1. The summed E-state index contributed by atoms with van der Waals surface area (Å²) in [6, 6.07) is 19.0. The Kier molecular flexibility index (Phi) is 10.2. The third kappa shape index (κ3) is 7.07. The number of rotatable bonds is 11. The monoisotopic (exact) mass is 575 g/mol. The van der Waals surface area contributed by atoms with Crippen molar-refractivity contribution in [2.75, 3.05) is 17.4 Å². The van der Waals surface area contributed by atoms with Gasteiger partial charge in [-0.05, 0) is 56.2 Å². The topological polar surface area (TPSA) is 86.8 Å². The summed E-state index contributed by atoms with van der Waals surface area (Å²) in [6.07, 6.45) is 0.344. The molecule has 0 spiro atoms. The number of hydrogen-bond acceptors (Lipinski definition) is 4. The molecule has 3 aromatic carbocycles. The first-order chi connectivity index (χ1) is 18.1. The molecule has 1 N–H and O–H groups in total. The van der Waals surface area contributed by atoms with Gasteiger partial charge in [0.15, 0.2) is 0 Å². The Labute approximate surface area is 234 Å². The van der Waals surface area contributed by atoms with Crippen LogP contribution < -0.4 is 9.62 Å². The molecule has 0 bridgehead atoms. The van der Waals surface area contributed by atoms with Crippen molar-refractivity contribution in [3.05, 3.63) is 94.0 Å². The highest BCUT2D eigenvalue weighted by atomic mass is 35.5. The Hall–Kier alpha value is -3.07. The lowest BCUT2D eigenvalue weighted by Gasteiger charge is -2.33. The van der Waals surface area contributed by atoms with Crippen LogP contribution in [0.2, 0.25) is 10.0 Å². The van der Waals surface area contributed by atoms with Crippen LogP contribution in [0.4, 0.5) is 5.69 Å². The first kappa shape index (κ1) is 29.5. The maximum Gasteiger partial charge on any atom is 0.264 e. The molecular weight excluding hydrogens is 545 g/mol. The zero-order valence-corrected chi connectivity index (χ0v) is 23.9. The fourth-order valence-electron chi connectivity index (χ4n) is 4.14. The highest BCUT2D eigenvalue weighted by Crippen LogP contribution is 2.33. The lowest BCUT2D eigenvalue weighted by atomic mass is 10.1. The average molecular weight is 577 g/mol. The van der Waals surface area contributed by atoms with Crippen LogP contribution >= 0.6 is 23.2 Å². The second-order valence-electron chi connectivity index (χ2n) is 8.75. The van der Waals surface area contributed by atoms with E-state index in [4.69, 9.17) is 23.2 Å². The lowest BCUT2D eigenvalue weighted by molar-refractivity contribution is -0.140. The number of halogens is 2. The molecule has 0 radical (unpaired) electrons. The van der Waals surface area contributed by atoms with E-state index in [-0.39, 0.29) is 28.1 Å². The van der Waals surface area contributed by atoms with Gasteiger partial charge in [0.1, 0.15) is 12.6 Å². The van der Waals surface area contributed by atoms with E-state index in [1.54, 1.807) is 25.1 Å². The SMILES string of the molecule is CCNC(=O)[C@@H](CC)N(Cc1cccc(C)c1)C(=O)CN(c1ccc(Cl)cc1Cl)S(=O)(=O)c1ccccc1. The van der Waals surface area contributed by atoms with Crippen molar-refractivity contribution in [2.24, 2.45) is 0 Å². The Morgan fingerprint density at radius 1 is 0.947 bits per heavy atom. The molecule has 1 atom stereocenters. The minimum atomic E-state index is -4.20. The molecule has 0 saturated heterocycles. The normalized spacial score (nSPS) is 12.0. The third-order valence-electron chi connectivity index (χ3n) is 5.96. The van der Waals surface area contributed by atoms with E-state index in [0.717, 1.165) is 15.4 Å². The Morgan fingerprint density at radius 2 is 1.66 bits per heavy atom. The van der Waals surface area contributed by atoms with E-state index < -0.39 is 28.5 Å². The number of nitrogens with zero attached hydrogens (tertiary/aromatic N) is 2. The Morgan fingerprint density at radius 3 is 2.26 bits per heavy atom. The molecule has 38 heavy (non-hydrogen) atoms. The third-order valence-corrected chi connectivity index (χ3v) is 8.27. The Bertz CT molecular complexity index is 1380. The van der Waals surface area contributed by atoms with Gasteiger partial charge in [0, 0.05) is 18.1 Å². The summed E-state index contributed by atoms with van der Waals surface area (Å²) in [5.41, 5.74) is 1.93. The van der Waals surface area contributed by atoms with Crippen molar-refractivity contribution in [1.29, 1.82) is 0 Å². The zero-order valence-electron chi connectivity index (χ0n) is 21.5. The highest BCUT2D eigenvalue weighted by Gasteiger charge is 2.34. The van der Waals surface area contributed by atoms with Gasteiger partial charge in [-0.15, -0.1) is 0 Å². The molecule has 3 rings (SSSR count). The summed E-state index contributed by atoms with van der Waals surface area (Å²) in [5, 5.41) is 3.18. The van der Waals surface area contributed by atoms with Crippen molar-refractivity contribution in [1.82, 2.24) is 10.2 Å². The number of sulfonamides is 1. The van der Waals surface area contributed by atoms with Crippen molar-refractivity contribution in [3.63, 3.8) is 0 Å². The van der Waals surface area contributed by atoms with Crippen LogP contribution in [0.25, 0.3) is 0 Å². The maximum absolute atomic E-state index is 14.0. The zero-order chi connectivity index (χ0) is 27.9. The number of carbonyl (C=O) groups excluding carboxylic acids is 2. The van der Waals surface area contributed by atoms with Gasteiger partial charge in [-0.2, -0.15) is 0 Å². The fraction of sp³-hybridized carbons (Fsp3) is 0.286. The second kappa shape index (κ2) is 13.1. The first-order valence-corrected chi connectivity index (χ1v) is 14.4. The summed E-state index contributed by atoms with van der Waals surface area (Å²) >= 11 is 12.5. The van der Waals surface area contributed by atoms with Crippen LogP contribution in [-0.4, -0.2) is 44.3 Å². The number of hydrogen-bond donors (Lipinski definition) is 1. The molecule has 202 valence electrons.